The molecule has 0 fully saturated rings. The molecule has 0 radical (unpaired) electrons. The molecule has 4 nitrogen and oxygen atoms in total. The van der Waals surface area contributed by atoms with Crippen molar-refractivity contribution in [3.63, 3.8) is 0 Å². The van der Waals surface area contributed by atoms with E-state index < -0.39 is 6.10 Å². The van der Waals surface area contributed by atoms with E-state index in [2.05, 4.69) is 10.3 Å². The van der Waals surface area contributed by atoms with Crippen molar-refractivity contribution >= 4 is 34.1 Å². The minimum Gasteiger partial charge on any atom is -0.389 e. The molecule has 1 amide bonds. The summed E-state index contributed by atoms with van der Waals surface area (Å²) in [6.45, 7) is 1.70. The van der Waals surface area contributed by atoms with Crippen molar-refractivity contribution in [1.29, 1.82) is 0 Å². The van der Waals surface area contributed by atoms with Gasteiger partial charge in [0.2, 0.25) is 0 Å². The molecule has 0 spiro atoms. The molecule has 0 aliphatic carbocycles. The number of halogens is 1. The summed E-state index contributed by atoms with van der Waals surface area (Å²) in [7, 11) is 0. The maximum Gasteiger partial charge on any atom is 0.272 e. The second-order valence-electron chi connectivity index (χ2n) is 5.17. The molecular weight excluding hydrogens is 300 g/mol. The number of aliphatic hydroxyl groups excluding tert-OH is 1. The average molecular weight is 315 g/mol. The molecule has 1 aromatic heterocycles. The van der Waals surface area contributed by atoms with Crippen LogP contribution in [0, 0.1) is 0 Å². The lowest BCUT2D eigenvalue weighted by molar-refractivity contribution is 0.102. The zero-order valence-corrected chi connectivity index (χ0v) is 12.7. The van der Waals surface area contributed by atoms with E-state index in [-0.39, 0.29) is 5.91 Å². The minimum absolute atomic E-state index is 0.225. The predicted octanol–water partition coefficient (Wildman–Crippen LogP) is 4.13. The Morgan fingerprint density at radius 3 is 2.59 bits per heavy atom. The number of benzene rings is 2. The molecule has 0 bridgehead atoms. The fraction of sp³-hybridized carbons (Fsp3) is 0.118. The van der Waals surface area contributed by atoms with E-state index in [9.17, 15) is 9.90 Å². The summed E-state index contributed by atoms with van der Waals surface area (Å²) in [6.07, 6.45) is -0.525. The van der Waals surface area contributed by atoms with E-state index >= 15 is 0 Å². The number of anilines is 1. The molecule has 22 heavy (non-hydrogen) atoms. The molecule has 0 saturated heterocycles. The molecule has 1 unspecified atom stereocenters. The number of aliphatic hydroxyl groups is 1. The Kier molecular flexibility index (Phi) is 3.88. The van der Waals surface area contributed by atoms with Gasteiger partial charge in [0.15, 0.2) is 0 Å². The highest BCUT2D eigenvalue weighted by Gasteiger charge is 2.10. The summed E-state index contributed by atoms with van der Waals surface area (Å²) in [5.41, 5.74) is 2.81. The van der Waals surface area contributed by atoms with Gasteiger partial charge in [0.25, 0.3) is 5.91 Å². The van der Waals surface area contributed by atoms with Crippen LogP contribution in [0.25, 0.3) is 10.9 Å². The predicted molar refractivity (Wildman–Crippen MR) is 88.3 cm³/mol. The zero-order valence-electron chi connectivity index (χ0n) is 11.9. The second-order valence-corrected chi connectivity index (χ2v) is 5.60. The number of aromatic amines is 1. The Hall–Kier alpha value is -2.30. The summed E-state index contributed by atoms with van der Waals surface area (Å²) in [4.78, 5) is 15.3. The number of carbonyl (C=O) groups is 1. The topological polar surface area (TPSA) is 65.1 Å². The molecule has 1 heterocycles. The van der Waals surface area contributed by atoms with Crippen molar-refractivity contribution in [3.8, 4) is 0 Å². The molecule has 3 rings (SSSR count). The molecule has 112 valence electrons. The molecule has 5 heteroatoms. The standard InChI is InChI=1S/C17H15ClN2O2/c1-10(21)11-2-5-14(6-3-11)19-17(22)16-9-12-8-13(18)4-7-15(12)20-16/h2-10,20-21H,1H3,(H,19,22). The second kappa shape index (κ2) is 5.83. The van der Waals surface area contributed by atoms with Crippen LogP contribution in [0.2, 0.25) is 5.02 Å². The van der Waals surface area contributed by atoms with Crippen molar-refractivity contribution in [2.24, 2.45) is 0 Å². The SMILES string of the molecule is CC(O)c1ccc(NC(=O)c2cc3cc(Cl)ccc3[nH]2)cc1. The van der Waals surface area contributed by atoms with Crippen LogP contribution in [0.1, 0.15) is 29.1 Å². The van der Waals surface area contributed by atoms with Crippen LogP contribution < -0.4 is 5.32 Å². The van der Waals surface area contributed by atoms with Gasteiger partial charge in [-0.15, -0.1) is 0 Å². The van der Waals surface area contributed by atoms with E-state index in [0.29, 0.717) is 16.4 Å². The number of amides is 1. The first-order valence-corrected chi connectivity index (χ1v) is 7.28. The highest BCUT2D eigenvalue weighted by Crippen LogP contribution is 2.21. The Labute approximate surface area is 132 Å². The summed E-state index contributed by atoms with van der Waals surface area (Å²) < 4.78 is 0. The number of fused-ring (bicyclic) bond motifs is 1. The monoisotopic (exact) mass is 314 g/mol. The maximum atomic E-state index is 12.3. The Morgan fingerprint density at radius 2 is 1.91 bits per heavy atom. The molecule has 0 saturated carbocycles. The number of hydrogen-bond acceptors (Lipinski definition) is 2. The first kappa shape index (κ1) is 14.6. The molecular formula is C17H15ClN2O2. The molecule has 3 aromatic rings. The minimum atomic E-state index is -0.525. The van der Waals surface area contributed by atoms with E-state index in [1.807, 2.05) is 12.1 Å². The lowest BCUT2D eigenvalue weighted by atomic mass is 10.1. The van der Waals surface area contributed by atoms with Gasteiger partial charge in [-0.3, -0.25) is 4.79 Å². The number of carbonyl (C=O) groups excluding carboxylic acids is 1. The fourth-order valence-corrected chi connectivity index (χ4v) is 2.45. The molecule has 1 atom stereocenters. The largest absolute Gasteiger partial charge is 0.389 e. The first-order chi connectivity index (χ1) is 10.5. The third kappa shape index (κ3) is 2.98. The van der Waals surface area contributed by atoms with Crippen LogP contribution in [0.3, 0.4) is 0 Å². The summed E-state index contributed by atoms with van der Waals surface area (Å²) in [5.74, 6) is -0.225. The van der Waals surface area contributed by atoms with Crippen molar-refractivity contribution in [2.75, 3.05) is 5.32 Å². The molecule has 2 aromatic carbocycles. The van der Waals surface area contributed by atoms with E-state index in [0.717, 1.165) is 16.5 Å². The first-order valence-electron chi connectivity index (χ1n) is 6.90. The van der Waals surface area contributed by atoms with Crippen molar-refractivity contribution in [1.82, 2.24) is 4.98 Å². The third-order valence-corrected chi connectivity index (χ3v) is 3.71. The van der Waals surface area contributed by atoms with Crippen LogP contribution in [0.15, 0.2) is 48.5 Å². The lowest BCUT2D eigenvalue weighted by Crippen LogP contribution is -2.12. The van der Waals surface area contributed by atoms with Crippen LogP contribution in [0.4, 0.5) is 5.69 Å². The van der Waals surface area contributed by atoms with Crippen molar-refractivity contribution in [2.45, 2.75) is 13.0 Å². The number of rotatable bonds is 3. The summed E-state index contributed by atoms with van der Waals surface area (Å²) >= 11 is 5.94. The number of hydrogen-bond donors (Lipinski definition) is 3. The molecule has 0 aliphatic rings. The molecule has 0 aliphatic heterocycles. The van der Waals surface area contributed by atoms with Gasteiger partial charge >= 0.3 is 0 Å². The van der Waals surface area contributed by atoms with E-state index in [1.165, 1.54) is 0 Å². The van der Waals surface area contributed by atoms with Gasteiger partial charge in [-0.2, -0.15) is 0 Å². The van der Waals surface area contributed by atoms with E-state index in [1.54, 1.807) is 43.3 Å². The van der Waals surface area contributed by atoms with Gasteiger partial charge in [-0.25, -0.2) is 0 Å². The number of nitrogens with one attached hydrogen (secondary N) is 2. The quantitative estimate of drug-likeness (QED) is 0.680. The van der Waals surface area contributed by atoms with Crippen LogP contribution in [0.5, 0.6) is 0 Å². The van der Waals surface area contributed by atoms with Gasteiger partial charge < -0.3 is 15.4 Å². The van der Waals surface area contributed by atoms with Gasteiger partial charge in [-0.1, -0.05) is 23.7 Å². The highest BCUT2D eigenvalue weighted by atomic mass is 35.5. The average Bonchev–Trinajstić information content (AvgIpc) is 2.91. The number of aromatic nitrogens is 1. The third-order valence-electron chi connectivity index (χ3n) is 3.48. The van der Waals surface area contributed by atoms with Gasteiger partial charge in [0, 0.05) is 21.6 Å². The summed E-state index contributed by atoms with van der Waals surface area (Å²) in [6, 6.07) is 14.3. The number of H-pyrrole nitrogens is 1. The Morgan fingerprint density at radius 1 is 1.18 bits per heavy atom. The molecule has 3 N–H and O–H groups in total. The normalized spacial score (nSPS) is 12.3. The van der Waals surface area contributed by atoms with Crippen molar-refractivity contribution < 1.29 is 9.90 Å². The fourth-order valence-electron chi connectivity index (χ4n) is 2.27. The van der Waals surface area contributed by atoms with Gasteiger partial charge in [-0.05, 0) is 48.9 Å². The zero-order chi connectivity index (χ0) is 15.7. The van der Waals surface area contributed by atoms with Crippen molar-refractivity contribution in [3.05, 3.63) is 64.8 Å². The van der Waals surface area contributed by atoms with Crippen LogP contribution in [-0.2, 0) is 0 Å². The maximum absolute atomic E-state index is 12.3. The Bertz CT molecular complexity index is 822. The Balaban J connectivity index is 1.80. The van der Waals surface area contributed by atoms with Gasteiger partial charge in [0.1, 0.15) is 5.69 Å². The van der Waals surface area contributed by atoms with E-state index in [4.69, 9.17) is 11.6 Å². The lowest BCUT2D eigenvalue weighted by Gasteiger charge is -2.07. The van der Waals surface area contributed by atoms with Crippen LogP contribution in [-0.4, -0.2) is 16.0 Å². The smallest absolute Gasteiger partial charge is 0.272 e. The van der Waals surface area contributed by atoms with Gasteiger partial charge in [0.05, 0.1) is 6.10 Å². The summed E-state index contributed by atoms with van der Waals surface area (Å²) in [5, 5.41) is 13.8. The highest BCUT2D eigenvalue weighted by molar-refractivity contribution is 6.31. The van der Waals surface area contributed by atoms with Crippen LogP contribution >= 0.6 is 11.6 Å².